The predicted molar refractivity (Wildman–Crippen MR) is 106 cm³/mol. The van der Waals surface area contributed by atoms with Gasteiger partial charge >= 0.3 is 12.2 Å². The van der Waals surface area contributed by atoms with Crippen molar-refractivity contribution in [3.63, 3.8) is 0 Å². The molecule has 4 N–H and O–H groups in total. The van der Waals surface area contributed by atoms with Gasteiger partial charge in [0, 0.05) is 12.1 Å². The number of amides is 4. The molecule has 1 aromatic carbocycles. The second-order valence-corrected chi connectivity index (χ2v) is 8.37. The summed E-state index contributed by atoms with van der Waals surface area (Å²) in [7, 11) is 0. The van der Waals surface area contributed by atoms with Gasteiger partial charge in [0.15, 0.2) is 11.2 Å². The van der Waals surface area contributed by atoms with Gasteiger partial charge in [-0.05, 0) is 43.0 Å². The molecule has 1 saturated heterocycles. The molecular formula is C19H18F3N5O3S. The average molecular weight is 453 g/mol. The molecule has 1 unspecified atom stereocenters. The number of primary amides is 1. The molecule has 8 nitrogen and oxygen atoms in total. The van der Waals surface area contributed by atoms with E-state index >= 15 is 0 Å². The van der Waals surface area contributed by atoms with Crippen LogP contribution in [0.15, 0.2) is 18.2 Å². The Labute approximate surface area is 178 Å². The number of carbonyl (C=O) groups excluding carboxylic acids is 3. The molecule has 4 rings (SSSR count). The SMILES string of the molecule is Cc1nc(NC(=O)N2CCC[C@H]2C(N)=O)sc1-c1ccc2c(c1)C(C(F)(F)F)NC2=O. The Bertz CT molecular complexity index is 1080. The highest BCUT2D eigenvalue weighted by Gasteiger charge is 2.47. The quantitative estimate of drug-likeness (QED) is 0.662. The van der Waals surface area contributed by atoms with E-state index < -0.39 is 36.1 Å². The summed E-state index contributed by atoms with van der Waals surface area (Å²) >= 11 is 1.09. The van der Waals surface area contributed by atoms with Gasteiger partial charge in [0.05, 0.1) is 10.6 Å². The van der Waals surface area contributed by atoms with Gasteiger partial charge in [0.1, 0.15) is 6.04 Å². The monoisotopic (exact) mass is 453 g/mol. The fraction of sp³-hybridized carbons (Fsp3) is 0.368. The number of thiazole rings is 1. The van der Waals surface area contributed by atoms with Crippen LogP contribution in [0.2, 0.25) is 0 Å². The molecule has 1 aromatic heterocycles. The van der Waals surface area contributed by atoms with E-state index in [9.17, 15) is 27.6 Å². The van der Waals surface area contributed by atoms with Gasteiger partial charge in [-0.15, -0.1) is 0 Å². The summed E-state index contributed by atoms with van der Waals surface area (Å²) in [4.78, 5) is 42.1. The van der Waals surface area contributed by atoms with Gasteiger partial charge in [0.25, 0.3) is 5.91 Å². The highest BCUT2D eigenvalue weighted by Crippen LogP contribution is 2.41. The first-order valence-corrected chi connectivity index (χ1v) is 10.2. The smallest absolute Gasteiger partial charge is 0.368 e. The molecule has 0 bridgehead atoms. The molecule has 2 aromatic rings. The number of aryl methyl sites for hydroxylation is 1. The van der Waals surface area contributed by atoms with Crippen molar-refractivity contribution in [3.8, 4) is 10.4 Å². The van der Waals surface area contributed by atoms with Crippen LogP contribution in [0.4, 0.5) is 23.1 Å². The van der Waals surface area contributed by atoms with Crippen molar-refractivity contribution >= 4 is 34.3 Å². The molecule has 12 heteroatoms. The number of fused-ring (bicyclic) bond motifs is 1. The number of nitrogens with two attached hydrogens (primary N) is 1. The zero-order valence-corrected chi connectivity index (χ0v) is 17.1. The Morgan fingerprint density at radius 2 is 2.10 bits per heavy atom. The van der Waals surface area contributed by atoms with E-state index in [1.54, 1.807) is 13.0 Å². The summed E-state index contributed by atoms with van der Waals surface area (Å²) in [5.74, 6) is -1.35. The Morgan fingerprint density at radius 3 is 2.77 bits per heavy atom. The molecule has 0 radical (unpaired) electrons. The summed E-state index contributed by atoms with van der Waals surface area (Å²) in [6, 6.07) is 0.964. The van der Waals surface area contributed by atoms with Crippen LogP contribution in [0.25, 0.3) is 10.4 Å². The number of nitrogens with zero attached hydrogens (tertiary/aromatic N) is 2. The standard InChI is InChI=1S/C19H18F3N5O3S/c1-8-13(9-4-5-10-11(7-9)14(19(20,21)22)25-16(10)29)31-17(24-8)26-18(30)27-6-2-3-12(27)15(23)28/h4-5,7,12,14H,2-3,6H2,1H3,(H2,23,28)(H,25,29)(H,24,26,30)/t12-,14?/m0/s1. The van der Waals surface area contributed by atoms with Crippen molar-refractivity contribution in [2.45, 2.75) is 38.0 Å². The first kappa shape index (κ1) is 21.1. The molecular weight excluding hydrogens is 435 g/mol. The Kier molecular flexibility index (Phi) is 5.12. The number of alkyl halides is 3. The molecule has 2 atom stereocenters. The molecule has 0 saturated carbocycles. The number of anilines is 1. The van der Waals surface area contributed by atoms with Crippen LogP contribution in [0, 0.1) is 6.92 Å². The highest BCUT2D eigenvalue weighted by molar-refractivity contribution is 7.19. The van der Waals surface area contributed by atoms with Gasteiger partial charge in [-0.3, -0.25) is 14.9 Å². The highest BCUT2D eigenvalue weighted by atomic mass is 32.1. The van der Waals surface area contributed by atoms with Crippen LogP contribution in [-0.4, -0.2) is 46.5 Å². The maximum atomic E-state index is 13.3. The third-order valence-electron chi connectivity index (χ3n) is 5.32. The fourth-order valence-corrected chi connectivity index (χ4v) is 4.83. The van der Waals surface area contributed by atoms with Gasteiger partial charge in [-0.1, -0.05) is 17.4 Å². The molecule has 31 heavy (non-hydrogen) atoms. The zero-order valence-electron chi connectivity index (χ0n) is 16.2. The summed E-state index contributed by atoms with van der Waals surface area (Å²) in [5.41, 5.74) is 6.14. The topological polar surface area (TPSA) is 117 Å². The normalized spacial score (nSPS) is 20.5. The summed E-state index contributed by atoms with van der Waals surface area (Å²) in [6.07, 6.45) is -3.47. The molecule has 164 valence electrons. The lowest BCUT2D eigenvalue weighted by Crippen LogP contribution is -2.45. The molecule has 2 aliphatic rings. The van der Waals surface area contributed by atoms with Crippen LogP contribution < -0.4 is 16.4 Å². The Balaban J connectivity index is 1.60. The summed E-state index contributed by atoms with van der Waals surface area (Å²) in [6.45, 7) is 2.06. The van der Waals surface area contributed by atoms with Crippen molar-refractivity contribution in [2.75, 3.05) is 11.9 Å². The van der Waals surface area contributed by atoms with E-state index in [4.69, 9.17) is 5.73 Å². The van der Waals surface area contributed by atoms with Crippen molar-refractivity contribution in [1.82, 2.24) is 15.2 Å². The Hall–Kier alpha value is -3.15. The minimum atomic E-state index is -4.62. The van der Waals surface area contributed by atoms with Gasteiger partial charge in [-0.25, -0.2) is 9.78 Å². The minimum absolute atomic E-state index is 0.0201. The fourth-order valence-electron chi connectivity index (χ4n) is 3.88. The first-order chi connectivity index (χ1) is 14.6. The molecule has 1 fully saturated rings. The van der Waals surface area contributed by atoms with Crippen LogP contribution in [0.1, 0.15) is 40.5 Å². The number of urea groups is 1. The van der Waals surface area contributed by atoms with E-state index in [-0.39, 0.29) is 16.3 Å². The number of likely N-dealkylation sites (tertiary alicyclic amines) is 1. The zero-order chi connectivity index (χ0) is 22.5. The number of hydrogen-bond donors (Lipinski definition) is 3. The number of aromatic nitrogens is 1. The number of nitrogens with one attached hydrogen (secondary N) is 2. The average Bonchev–Trinajstić information content (AvgIpc) is 3.38. The summed E-state index contributed by atoms with van der Waals surface area (Å²) < 4.78 is 39.9. The van der Waals surface area contributed by atoms with Gasteiger partial charge in [-0.2, -0.15) is 13.2 Å². The van der Waals surface area contributed by atoms with E-state index in [1.165, 1.54) is 17.0 Å². The van der Waals surface area contributed by atoms with Crippen molar-refractivity contribution in [1.29, 1.82) is 0 Å². The minimum Gasteiger partial charge on any atom is -0.368 e. The summed E-state index contributed by atoms with van der Waals surface area (Å²) in [5, 5.41) is 4.83. The van der Waals surface area contributed by atoms with Crippen molar-refractivity contribution in [2.24, 2.45) is 5.73 Å². The van der Waals surface area contributed by atoms with Crippen LogP contribution in [-0.2, 0) is 4.79 Å². The van der Waals surface area contributed by atoms with E-state index in [0.717, 1.165) is 11.3 Å². The van der Waals surface area contributed by atoms with Gasteiger partial charge < -0.3 is 16.0 Å². The van der Waals surface area contributed by atoms with E-state index in [1.807, 2.05) is 5.32 Å². The van der Waals surface area contributed by atoms with Crippen molar-refractivity contribution in [3.05, 3.63) is 35.0 Å². The Morgan fingerprint density at radius 1 is 1.35 bits per heavy atom. The lowest BCUT2D eigenvalue weighted by molar-refractivity contribution is -0.153. The number of carbonyl (C=O) groups is 3. The third kappa shape index (κ3) is 3.82. The van der Waals surface area contributed by atoms with E-state index in [0.29, 0.717) is 35.5 Å². The second-order valence-electron chi connectivity index (χ2n) is 7.37. The van der Waals surface area contributed by atoms with Crippen molar-refractivity contribution < 1.29 is 27.6 Å². The van der Waals surface area contributed by atoms with Crippen LogP contribution in [0.5, 0.6) is 0 Å². The van der Waals surface area contributed by atoms with E-state index in [2.05, 4.69) is 10.3 Å². The largest absolute Gasteiger partial charge is 0.412 e. The van der Waals surface area contributed by atoms with Crippen LogP contribution >= 0.6 is 11.3 Å². The number of rotatable bonds is 3. The lowest BCUT2D eigenvalue weighted by atomic mass is 10.00. The third-order valence-corrected chi connectivity index (χ3v) is 6.45. The molecule has 0 spiro atoms. The number of hydrogen-bond acceptors (Lipinski definition) is 5. The van der Waals surface area contributed by atoms with Gasteiger partial charge in [0.2, 0.25) is 5.91 Å². The lowest BCUT2D eigenvalue weighted by Gasteiger charge is -2.21. The number of benzene rings is 1. The van der Waals surface area contributed by atoms with Crippen LogP contribution in [0.3, 0.4) is 0 Å². The number of halogens is 3. The molecule has 4 amide bonds. The second kappa shape index (κ2) is 7.52. The molecule has 2 aliphatic heterocycles. The molecule has 0 aliphatic carbocycles. The predicted octanol–water partition coefficient (Wildman–Crippen LogP) is 2.95. The first-order valence-electron chi connectivity index (χ1n) is 9.42. The maximum Gasteiger partial charge on any atom is 0.412 e. The molecule has 3 heterocycles. The maximum absolute atomic E-state index is 13.3.